The molecule has 0 unspecified atom stereocenters. The van der Waals surface area contributed by atoms with Crippen LogP contribution in [-0.2, 0) is 11.2 Å². The summed E-state index contributed by atoms with van der Waals surface area (Å²) in [6, 6.07) is 7.25. The predicted molar refractivity (Wildman–Crippen MR) is 75.2 cm³/mol. The van der Waals surface area contributed by atoms with E-state index in [1.165, 1.54) is 6.08 Å². The van der Waals surface area contributed by atoms with Gasteiger partial charge in [0, 0.05) is 11.6 Å². The van der Waals surface area contributed by atoms with Crippen LogP contribution in [0.2, 0.25) is 0 Å². The van der Waals surface area contributed by atoms with Crippen molar-refractivity contribution in [3.63, 3.8) is 0 Å². The second kappa shape index (κ2) is 6.24. The van der Waals surface area contributed by atoms with E-state index in [1.807, 2.05) is 19.1 Å². The number of carbonyl (C=O) groups is 1. The van der Waals surface area contributed by atoms with Gasteiger partial charge in [0.05, 0.1) is 0 Å². The first kappa shape index (κ1) is 13.4. The molecule has 0 aliphatic heterocycles. The van der Waals surface area contributed by atoms with E-state index in [-0.39, 0.29) is 5.97 Å². The predicted octanol–water partition coefficient (Wildman–Crippen LogP) is 3.25. The minimum absolute atomic E-state index is 0.376. The number of aryl methyl sites for hydroxylation is 1. The molecule has 98 valence electrons. The molecule has 0 radical (unpaired) electrons. The van der Waals surface area contributed by atoms with Crippen molar-refractivity contribution in [2.45, 2.75) is 20.3 Å². The van der Waals surface area contributed by atoms with Gasteiger partial charge in [-0.3, -0.25) is 0 Å². The summed E-state index contributed by atoms with van der Waals surface area (Å²) in [5.41, 5.74) is 0.975. The van der Waals surface area contributed by atoms with Gasteiger partial charge in [-0.2, -0.15) is 0 Å². The SMILES string of the molecule is CC=CC(=O)Oc1ccc(-c2nnc(CC)s2)cc1. The molecular weight excluding hydrogens is 260 g/mol. The van der Waals surface area contributed by atoms with Gasteiger partial charge in [0.15, 0.2) is 0 Å². The lowest BCUT2D eigenvalue weighted by atomic mass is 10.2. The van der Waals surface area contributed by atoms with E-state index in [0.29, 0.717) is 5.75 Å². The molecule has 4 nitrogen and oxygen atoms in total. The average Bonchev–Trinajstić information content (AvgIpc) is 2.88. The molecule has 0 bridgehead atoms. The summed E-state index contributed by atoms with van der Waals surface area (Å²) in [7, 11) is 0. The number of nitrogens with zero attached hydrogens (tertiary/aromatic N) is 2. The Bertz CT molecular complexity index is 588. The summed E-state index contributed by atoms with van der Waals surface area (Å²) in [6.45, 7) is 3.82. The van der Waals surface area contributed by atoms with Crippen molar-refractivity contribution in [1.29, 1.82) is 0 Å². The van der Waals surface area contributed by atoms with Crippen LogP contribution in [0, 0.1) is 0 Å². The maximum Gasteiger partial charge on any atom is 0.335 e. The number of allylic oxidation sites excluding steroid dienone is 1. The van der Waals surface area contributed by atoms with Crippen LogP contribution in [0.25, 0.3) is 10.6 Å². The summed E-state index contributed by atoms with van der Waals surface area (Å²) in [5.74, 6) is 0.145. The van der Waals surface area contributed by atoms with Crippen LogP contribution in [0.4, 0.5) is 0 Å². The Hall–Kier alpha value is -2.01. The van der Waals surface area contributed by atoms with Gasteiger partial charge in [-0.25, -0.2) is 4.79 Å². The van der Waals surface area contributed by atoms with Crippen LogP contribution in [0.3, 0.4) is 0 Å². The van der Waals surface area contributed by atoms with Crippen LogP contribution >= 0.6 is 11.3 Å². The van der Waals surface area contributed by atoms with Crippen LogP contribution in [-0.4, -0.2) is 16.2 Å². The van der Waals surface area contributed by atoms with E-state index in [2.05, 4.69) is 10.2 Å². The smallest absolute Gasteiger partial charge is 0.335 e. The number of carbonyl (C=O) groups excluding carboxylic acids is 1. The van der Waals surface area contributed by atoms with Crippen molar-refractivity contribution in [2.75, 3.05) is 0 Å². The molecular formula is C14H14N2O2S. The molecule has 0 saturated carbocycles. The van der Waals surface area contributed by atoms with Crippen molar-refractivity contribution < 1.29 is 9.53 Å². The summed E-state index contributed by atoms with van der Waals surface area (Å²) >= 11 is 1.57. The molecule has 0 amide bonds. The lowest BCUT2D eigenvalue weighted by Crippen LogP contribution is -2.03. The van der Waals surface area contributed by atoms with Crippen molar-refractivity contribution in [2.24, 2.45) is 0 Å². The maximum atomic E-state index is 11.3. The third-order valence-corrected chi connectivity index (χ3v) is 3.51. The average molecular weight is 274 g/mol. The minimum atomic E-state index is -0.376. The summed E-state index contributed by atoms with van der Waals surface area (Å²) in [4.78, 5) is 11.3. The Morgan fingerprint density at radius 3 is 2.63 bits per heavy atom. The minimum Gasteiger partial charge on any atom is -0.423 e. The molecule has 0 fully saturated rings. The van der Waals surface area contributed by atoms with E-state index in [1.54, 1.807) is 36.5 Å². The Balaban J connectivity index is 2.11. The number of aromatic nitrogens is 2. The van der Waals surface area contributed by atoms with Gasteiger partial charge in [0.2, 0.25) is 0 Å². The Morgan fingerprint density at radius 1 is 1.32 bits per heavy atom. The second-order valence-corrected chi connectivity index (χ2v) is 4.86. The van der Waals surface area contributed by atoms with Gasteiger partial charge in [-0.1, -0.05) is 24.3 Å². The first-order valence-electron chi connectivity index (χ1n) is 6.00. The molecule has 1 heterocycles. The zero-order valence-electron chi connectivity index (χ0n) is 10.8. The third-order valence-electron chi connectivity index (χ3n) is 2.39. The quantitative estimate of drug-likeness (QED) is 0.488. The van der Waals surface area contributed by atoms with Crippen LogP contribution in [0.15, 0.2) is 36.4 Å². The standard InChI is InChI=1S/C14H14N2O2S/c1-3-5-13(17)18-11-8-6-10(7-9-11)14-16-15-12(4-2)19-14/h3,5-9H,4H2,1-2H3. The van der Waals surface area contributed by atoms with Crippen molar-refractivity contribution in [3.8, 4) is 16.3 Å². The number of benzene rings is 1. The van der Waals surface area contributed by atoms with E-state index in [0.717, 1.165) is 22.0 Å². The molecule has 5 heteroatoms. The number of hydrogen-bond donors (Lipinski definition) is 0. The fourth-order valence-corrected chi connectivity index (χ4v) is 2.25. The molecule has 2 rings (SSSR count). The lowest BCUT2D eigenvalue weighted by Gasteiger charge is -2.01. The number of esters is 1. The van der Waals surface area contributed by atoms with Crippen molar-refractivity contribution in [1.82, 2.24) is 10.2 Å². The van der Waals surface area contributed by atoms with Gasteiger partial charge in [0.1, 0.15) is 15.8 Å². The Kier molecular flexibility index (Phi) is 4.41. The molecule has 19 heavy (non-hydrogen) atoms. The van der Waals surface area contributed by atoms with Crippen molar-refractivity contribution in [3.05, 3.63) is 41.4 Å². The summed E-state index contributed by atoms with van der Waals surface area (Å²) < 4.78 is 5.11. The molecule has 1 aromatic carbocycles. The van der Waals surface area contributed by atoms with E-state index < -0.39 is 0 Å². The Morgan fingerprint density at radius 2 is 2.05 bits per heavy atom. The van der Waals surface area contributed by atoms with Gasteiger partial charge < -0.3 is 4.74 Å². The first-order chi connectivity index (χ1) is 9.22. The highest BCUT2D eigenvalue weighted by Crippen LogP contribution is 2.25. The van der Waals surface area contributed by atoms with Crippen LogP contribution in [0.1, 0.15) is 18.9 Å². The second-order valence-electron chi connectivity index (χ2n) is 3.80. The number of ether oxygens (including phenoxy) is 1. The zero-order valence-corrected chi connectivity index (χ0v) is 11.6. The largest absolute Gasteiger partial charge is 0.423 e. The highest BCUT2D eigenvalue weighted by molar-refractivity contribution is 7.14. The Labute approximate surface area is 115 Å². The number of rotatable bonds is 4. The van der Waals surface area contributed by atoms with E-state index in [4.69, 9.17) is 4.74 Å². The fraction of sp³-hybridized carbons (Fsp3) is 0.214. The molecule has 0 atom stereocenters. The molecule has 0 aliphatic carbocycles. The molecule has 0 saturated heterocycles. The number of hydrogen-bond acceptors (Lipinski definition) is 5. The van der Waals surface area contributed by atoms with Gasteiger partial charge in [-0.15, -0.1) is 10.2 Å². The lowest BCUT2D eigenvalue weighted by molar-refractivity contribution is -0.129. The fourth-order valence-electron chi connectivity index (χ4n) is 1.46. The highest BCUT2D eigenvalue weighted by Gasteiger charge is 2.06. The van der Waals surface area contributed by atoms with Crippen LogP contribution in [0.5, 0.6) is 5.75 Å². The monoisotopic (exact) mass is 274 g/mol. The normalized spacial score (nSPS) is 10.8. The summed E-state index contributed by atoms with van der Waals surface area (Å²) in [6.07, 6.45) is 3.91. The van der Waals surface area contributed by atoms with Gasteiger partial charge in [0.25, 0.3) is 0 Å². The molecule has 2 aromatic rings. The molecule has 0 spiro atoms. The van der Waals surface area contributed by atoms with Gasteiger partial charge >= 0.3 is 5.97 Å². The summed E-state index contributed by atoms with van der Waals surface area (Å²) in [5, 5.41) is 10.1. The van der Waals surface area contributed by atoms with Crippen LogP contribution < -0.4 is 4.74 Å². The molecule has 0 N–H and O–H groups in total. The topological polar surface area (TPSA) is 52.1 Å². The van der Waals surface area contributed by atoms with Crippen molar-refractivity contribution >= 4 is 17.3 Å². The first-order valence-corrected chi connectivity index (χ1v) is 6.82. The van der Waals surface area contributed by atoms with E-state index >= 15 is 0 Å². The maximum absolute atomic E-state index is 11.3. The van der Waals surface area contributed by atoms with Gasteiger partial charge in [-0.05, 0) is 37.6 Å². The highest BCUT2D eigenvalue weighted by atomic mass is 32.1. The zero-order chi connectivity index (χ0) is 13.7. The third kappa shape index (κ3) is 3.48. The molecule has 1 aromatic heterocycles. The van der Waals surface area contributed by atoms with E-state index in [9.17, 15) is 4.79 Å². The molecule has 0 aliphatic rings.